The molecular weight excluding hydrogens is 392 g/mol. The lowest BCUT2D eigenvalue weighted by Crippen LogP contribution is -2.10. The number of benzene rings is 4. The van der Waals surface area contributed by atoms with Crippen LogP contribution in [0.3, 0.4) is 0 Å². The highest BCUT2D eigenvalue weighted by Gasteiger charge is 2.17. The lowest BCUT2D eigenvalue weighted by Gasteiger charge is -2.18. The molecule has 0 fully saturated rings. The SMILES string of the molecule is CC(C)(C)c1ccc2nc(-c3ccc(-n4c5ccccc5c5ccccc54)cc3)oc2c1. The van der Waals surface area contributed by atoms with Crippen molar-refractivity contribution in [1.29, 1.82) is 0 Å². The molecule has 2 heterocycles. The fraction of sp³-hybridized carbons (Fsp3) is 0.138. The Bertz CT molecular complexity index is 1540. The van der Waals surface area contributed by atoms with Gasteiger partial charge >= 0.3 is 0 Å². The summed E-state index contributed by atoms with van der Waals surface area (Å²) in [4.78, 5) is 4.72. The molecule has 0 amide bonds. The van der Waals surface area contributed by atoms with Crippen molar-refractivity contribution in [3.8, 4) is 17.1 Å². The van der Waals surface area contributed by atoms with Gasteiger partial charge in [-0.3, -0.25) is 0 Å². The molecule has 0 radical (unpaired) electrons. The van der Waals surface area contributed by atoms with Crippen LogP contribution in [0.25, 0.3) is 50.0 Å². The molecule has 6 rings (SSSR count). The van der Waals surface area contributed by atoms with Crippen LogP contribution in [0.2, 0.25) is 0 Å². The van der Waals surface area contributed by atoms with Crippen molar-refractivity contribution in [2.24, 2.45) is 0 Å². The minimum atomic E-state index is 0.0745. The lowest BCUT2D eigenvalue weighted by atomic mass is 9.87. The first kappa shape index (κ1) is 18.9. The molecule has 3 heteroatoms. The maximum atomic E-state index is 6.14. The number of para-hydroxylation sites is 2. The largest absolute Gasteiger partial charge is 0.436 e. The molecule has 0 saturated heterocycles. The predicted molar refractivity (Wildman–Crippen MR) is 132 cm³/mol. The maximum Gasteiger partial charge on any atom is 0.227 e. The molecule has 2 aromatic heterocycles. The van der Waals surface area contributed by atoms with E-state index in [1.165, 1.54) is 27.4 Å². The molecule has 0 aliphatic rings. The van der Waals surface area contributed by atoms with Gasteiger partial charge in [-0.1, -0.05) is 63.2 Å². The molecule has 156 valence electrons. The van der Waals surface area contributed by atoms with Gasteiger partial charge in [0.25, 0.3) is 0 Å². The van der Waals surface area contributed by atoms with Gasteiger partial charge in [0.1, 0.15) is 5.52 Å². The van der Waals surface area contributed by atoms with Crippen molar-refractivity contribution < 1.29 is 4.42 Å². The first-order valence-electron chi connectivity index (χ1n) is 11.0. The van der Waals surface area contributed by atoms with E-state index < -0.39 is 0 Å². The molecular formula is C29H24N2O. The number of oxazole rings is 1. The zero-order chi connectivity index (χ0) is 21.9. The molecule has 0 aliphatic carbocycles. The molecule has 0 N–H and O–H groups in total. The van der Waals surface area contributed by atoms with Crippen LogP contribution in [0.5, 0.6) is 0 Å². The van der Waals surface area contributed by atoms with Gasteiger partial charge in [-0.15, -0.1) is 0 Å². The van der Waals surface area contributed by atoms with E-state index in [2.05, 4.69) is 116 Å². The average Bonchev–Trinajstić information content (AvgIpc) is 3.37. The van der Waals surface area contributed by atoms with Crippen molar-refractivity contribution >= 4 is 32.9 Å². The van der Waals surface area contributed by atoms with E-state index in [0.717, 1.165) is 22.4 Å². The number of fused-ring (bicyclic) bond motifs is 4. The average molecular weight is 417 g/mol. The second-order valence-corrected chi connectivity index (χ2v) is 9.37. The van der Waals surface area contributed by atoms with E-state index in [1.807, 2.05) is 0 Å². The van der Waals surface area contributed by atoms with E-state index in [1.54, 1.807) is 0 Å². The second kappa shape index (κ2) is 6.83. The van der Waals surface area contributed by atoms with E-state index >= 15 is 0 Å². The summed E-state index contributed by atoms with van der Waals surface area (Å²) in [6.45, 7) is 6.62. The van der Waals surface area contributed by atoms with Crippen molar-refractivity contribution in [2.45, 2.75) is 26.2 Å². The summed E-state index contributed by atoms with van der Waals surface area (Å²) < 4.78 is 8.46. The normalized spacial score (nSPS) is 12.2. The van der Waals surface area contributed by atoms with Gasteiger partial charge in [0.2, 0.25) is 5.89 Å². The van der Waals surface area contributed by atoms with E-state index in [4.69, 9.17) is 9.40 Å². The fourth-order valence-corrected chi connectivity index (χ4v) is 4.47. The van der Waals surface area contributed by atoms with Gasteiger partial charge < -0.3 is 8.98 Å². The number of hydrogen-bond acceptors (Lipinski definition) is 2. The molecule has 0 aliphatic heterocycles. The zero-order valence-electron chi connectivity index (χ0n) is 18.5. The topological polar surface area (TPSA) is 31.0 Å². The highest BCUT2D eigenvalue weighted by Crippen LogP contribution is 2.33. The Morgan fingerprint density at radius 3 is 1.97 bits per heavy atom. The smallest absolute Gasteiger partial charge is 0.227 e. The standard InChI is InChI=1S/C29H24N2O/c1-29(2,3)20-14-17-24-27(18-20)32-28(30-24)19-12-15-21(16-13-19)31-25-10-6-4-8-22(25)23-9-5-7-11-26(23)31/h4-18H,1-3H3. The summed E-state index contributed by atoms with van der Waals surface area (Å²) in [6, 6.07) is 31.9. The van der Waals surface area contributed by atoms with Crippen LogP contribution in [0.4, 0.5) is 0 Å². The van der Waals surface area contributed by atoms with E-state index in [-0.39, 0.29) is 5.41 Å². The van der Waals surface area contributed by atoms with Crippen LogP contribution in [-0.4, -0.2) is 9.55 Å². The van der Waals surface area contributed by atoms with Crippen molar-refractivity contribution in [3.63, 3.8) is 0 Å². The molecule has 4 aromatic carbocycles. The Kier molecular flexibility index (Phi) is 4.03. The van der Waals surface area contributed by atoms with Crippen LogP contribution in [0.15, 0.2) is 95.4 Å². The molecule has 0 spiro atoms. The number of aromatic nitrogens is 2. The van der Waals surface area contributed by atoms with Crippen LogP contribution in [-0.2, 0) is 5.41 Å². The van der Waals surface area contributed by atoms with Crippen LogP contribution in [0, 0.1) is 0 Å². The van der Waals surface area contributed by atoms with Crippen LogP contribution >= 0.6 is 0 Å². The molecule has 32 heavy (non-hydrogen) atoms. The van der Waals surface area contributed by atoms with Gasteiger partial charge in [-0.2, -0.15) is 0 Å². The summed E-state index contributed by atoms with van der Waals surface area (Å²) in [5, 5.41) is 2.53. The minimum absolute atomic E-state index is 0.0745. The molecule has 6 aromatic rings. The molecule has 0 saturated carbocycles. The quantitative estimate of drug-likeness (QED) is 0.287. The third-order valence-corrected chi connectivity index (χ3v) is 6.21. The Labute approximate surface area is 186 Å². The van der Waals surface area contributed by atoms with Crippen LogP contribution < -0.4 is 0 Å². The third-order valence-electron chi connectivity index (χ3n) is 6.21. The first-order valence-corrected chi connectivity index (χ1v) is 11.0. The maximum absolute atomic E-state index is 6.14. The highest BCUT2D eigenvalue weighted by atomic mass is 16.3. The summed E-state index contributed by atoms with van der Waals surface area (Å²) in [6.07, 6.45) is 0. The molecule has 0 unspecified atom stereocenters. The summed E-state index contributed by atoms with van der Waals surface area (Å²) in [7, 11) is 0. The molecule has 3 nitrogen and oxygen atoms in total. The summed E-state index contributed by atoms with van der Waals surface area (Å²) >= 11 is 0. The minimum Gasteiger partial charge on any atom is -0.436 e. The zero-order valence-corrected chi connectivity index (χ0v) is 18.5. The molecule has 0 bridgehead atoms. The molecule has 0 atom stereocenters. The fourth-order valence-electron chi connectivity index (χ4n) is 4.47. The number of nitrogens with zero attached hydrogens (tertiary/aromatic N) is 2. The Hall–Kier alpha value is -3.85. The highest BCUT2D eigenvalue weighted by molar-refractivity contribution is 6.09. The van der Waals surface area contributed by atoms with Crippen molar-refractivity contribution in [2.75, 3.05) is 0 Å². The summed E-state index contributed by atoms with van der Waals surface area (Å²) in [5.74, 6) is 0.653. The number of rotatable bonds is 2. The monoisotopic (exact) mass is 416 g/mol. The van der Waals surface area contributed by atoms with E-state index in [0.29, 0.717) is 5.89 Å². The Morgan fingerprint density at radius 2 is 1.34 bits per heavy atom. The number of hydrogen-bond donors (Lipinski definition) is 0. The summed E-state index contributed by atoms with van der Waals surface area (Å²) in [5.41, 5.74) is 7.55. The first-order chi connectivity index (χ1) is 15.5. The van der Waals surface area contributed by atoms with E-state index in [9.17, 15) is 0 Å². The van der Waals surface area contributed by atoms with Crippen molar-refractivity contribution in [3.05, 3.63) is 96.6 Å². The van der Waals surface area contributed by atoms with Gasteiger partial charge in [0, 0.05) is 22.0 Å². The third kappa shape index (κ3) is 2.93. The van der Waals surface area contributed by atoms with Crippen molar-refractivity contribution in [1.82, 2.24) is 9.55 Å². The van der Waals surface area contributed by atoms with Gasteiger partial charge in [0.05, 0.1) is 11.0 Å². The Balaban J connectivity index is 1.44. The predicted octanol–water partition coefficient (Wildman–Crippen LogP) is 7.89. The van der Waals surface area contributed by atoms with Crippen LogP contribution in [0.1, 0.15) is 26.3 Å². The Morgan fingerprint density at radius 1 is 0.719 bits per heavy atom. The lowest BCUT2D eigenvalue weighted by molar-refractivity contribution is 0.584. The van der Waals surface area contributed by atoms with Gasteiger partial charge in [-0.25, -0.2) is 4.98 Å². The van der Waals surface area contributed by atoms with Gasteiger partial charge in [-0.05, 0) is 59.5 Å². The van der Waals surface area contributed by atoms with Gasteiger partial charge in [0.15, 0.2) is 5.58 Å². The second-order valence-electron chi connectivity index (χ2n) is 9.37.